The van der Waals surface area contributed by atoms with Crippen LogP contribution >= 0.6 is 0 Å². The van der Waals surface area contributed by atoms with Gasteiger partial charge in [0, 0.05) is 21.1 Å². The standard InChI is InChI=1S/C7H8.Pt/c1-2-7-4-3-6(1)5-7;/h1-4,6-7H,5H2;. The fourth-order valence-corrected chi connectivity index (χ4v) is 1.33. The van der Waals surface area contributed by atoms with E-state index in [9.17, 15) is 0 Å². The summed E-state index contributed by atoms with van der Waals surface area (Å²) in [7, 11) is 0. The van der Waals surface area contributed by atoms with Gasteiger partial charge in [-0.2, -0.15) is 0 Å². The van der Waals surface area contributed by atoms with E-state index in [1.807, 2.05) is 0 Å². The number of rotatable bonds is 0. The first-order valence-corrected chi connectivity index (χ1v) is 2.82. The van der Waals surface area contributed by atoms with Crippen LogP contribution in [0, 0.1) is 11.8 Å². The van der Waals surface area contributed by atoms with Gasteiger partial charge < -0.3 is 0 Å². The zero-order chi connectivity index (χ0) is 4.69. The summed E-state index contributed by atoms with van der Waals surface area (Å²) in [6.45, 7) is 0. The summed E-state index contributed by atoms with van der Waals surface area (Å²) < 4.78 is 0. The average Bonchev–Trinajstić information content (AvgIpc) is 2.22. The third kappa shape index (κ3) is 0.821. The molecule has 2 bridgehead atoms. The molecule has 0 radical (unpaired) electrons. The van der Waals surface area contributed by atoms with Gasteiger partial charge in [0.1, 0.15) is 0 Å². The summed E-state index contributed by atoms with van der Waals surface area (Å²) in [4.78, 5) is 0. The third-order valence-corrected chi connectivity index (χ3v) is 1.76. The van der Waals surface area contributed by atoms with Crippen molar-refractivity contribution in [2.45, 2.75) is 6.42 Å². The van der Waals surface area contributed by atoms with Gasteiger partial charge in [0.25, 0.3) is 0 Å². The van der Waals surface area contributed by atoms with Gasteiger partial charge in [-0.15, -0.1) is 0 Å². The molecule has 8 heavy (non-hydrogen) atoms. The van der Waals surface area contributed by atoms with E-state index in [1.54, 1.807) is 0 Å². The van der Waals surface area contributed by atoms with Crippen molar-refractivity contribution in [2.24, 2.45) is 11.8 Å². The van der Waals surface area contributed by atoms with Crippen molar-refractivity contribution in [1.82, 2.24) is 0 Å². The summed E-state index contributed by atoms with van der Waals surface area (Å²) >= 11 is 0. The maximum Gasteiger partial charge on any atom is 0 e. The monoisotopic (exact) mass is 287 g/mol. The van der Waals surface area contributed by atoms with Crippen molar-refractivity contribution in [2.75, 3.05) is 0 Å². The maximum atomic E-state index is 2.30. The predicted octanol–water partition coefficient (Wildman–Crippen LogP) is 1.75. The Balaban J connectivity index is 0.000000320. The van der Waals surface area contributed by atoms with Gasteiger partial charge in [-0.25, -0.2) is 0 Å². The Kier molecular flexibility index (Phi) is 1.72. The van der Waals surface area contributed by atoms with E-state index < -0.39 is 0 Å². The van der Waals surface area contributed by atoms with Crippen LogP contribution in [-0.4, -0.2) is 0 Å². The van der Waals surface area contributed by atoms with Crippen molar-refractivity contribution >= 4 is 0 Å². The minimum absolute atomic E-state index is 0. The summed E-state index contributed by atoms with van der Waals surface area (Å²) in [5.74, 6) is 1.62. The summed E-state index contributed by atoms with van der Waals surface area (Å²) in [5, 5.41) is 0. The molecule has 46 valence electrons. The van der Waals surface area contributed by atoms with E-state index in [1.165, 1.54) is 6.42 Å². The number of allylic oxidation sites excluding steroid dienone is 4. The van der Waals surface area contributed by atoms with Gasteiger partial charge in [0.15, 0.2) is 0 Å². The van der Waals surface area contributed by atoms with Crippen molar-refractivity contribution in [3.05, 3.63) is 24.3 Å². The van der Waals surface area contributed by atoms with Gasteiger partial charge in [0.05, 0.1) is 0 Å². The molecule has 0 aromatic carbocycles. The SMILES string of the molecule is C1=CC2C=CC1C2.[Pt]. The molecule has 2 aliphatic carbocycles. The quantitative estimate of drug-likeness (QED) is 0.595. The van der Waals surface area contributed by atoms with Gasteiger partial charge in [-0.3, -0.25) is 0 Å². The Hall–Kier alpha value is 0.168. The van der Waals surface area contributed by atoms with Crippen LogP contribution in [0.15, 0.2) is 24.3 Å². The molecule has 0 heterocycles. The molecule has 0 saturated carbocycles. The van der Waals surface area contributed by atoms with Crippen molar-refractivity contribution in [3.8, 4) is 0 Å². The minimum Gasteiger partial charge on any atom is -0.0810 e. The molecule has 0 nitrogen and oxygen atoms in total. The normalized spacial score (nSPS) is 38.0. The smallest absolute Gasteiger partial charge is 0 e. The Morgan fingerprint density at radius 2 is 1.25 bits per heavy atom. The van der Waals surface area contributed by atoms with Crippen molar-refractivity contribution in [3.63, 3.8) is 0 Å². The Bertz CT molecular complexity index is 107. The number of hydrogen-bond donors (Lipinski definition) is 0. The Morgan fingerprint density at radius 1 is 0.875 bits per heavy atom. The molecule has 0 aromatic rings. The molecule has 2 aliphatic rings. The molecule has 0 aliphatic heterocycles. The molecule has 2 rings (SSSR count). The second-order valence-electron chi connectivity index (χ2n) is 2.33. The molecule has 0 amide bonds. The third-order valence-electron chi connectivity index (χ3n) is 1.76. The van der Waals surface area contributed by atoms with Gasteiger partial charge in [0.2, 0.25) is 0 Å². The van der Waals surface area contributed by atoms with Gasteiger partial charge >= 0.3 is 0 Å². The van der Waals surface area contributed by atoms with Crippen LogP contribution in [0.2, 0.25) is 0 Å². The molecule has 0 fully saturated rings. The van der Waals surface area contributed by atoms with Crippen LogP contribution in [0.4, 0.5) is 0 Å². The second-order valence-corrected chi connectivity index (χ2v) is 2.33. The topological polar surface area (TPSA) is 0 Å². The fraction of sp³-hybridized carbons (Fsp3) is 0.429. The largest absolute Gasteiger partial charge is 0.0810 e. The number of hydrogen-bond acceptors (Lipinski definition) is 0. The molecule has 1 heteroatoms. The van der Waals surface area contributed by atoms with Crippen LogP contribution in [0.5, 0.6) is 0 Å². The molecule has 0 unspecified atom stereocenters. The first-order chi connectivity index (χ1) is 3.45. The predicted molar refractivity (Wildman–Crippen MR) is 29.9 cm³/mol. The van der Waals surface area contributed by atoms with Gasteiger partial charge in [-0.05, 0) is 18.3 Å². The molecule has 0 atom stereocenters. The first kappa shape index (κ1) is 6.29. The fourth-order valence-electron chi connectivity index (χ4n) is 1.33. The first-order valence-electron chi connectivity index (χ1n) is 2.82. The second kappa shape index (κ2) is 2.19. The molecular weight excluding hydrogens is 279 g/mol. The summed E-state index contributed by atoms with van der Waals surface area (Å²) in [6, 6.07) is 0. The van der Waals surface area contributed by atoms with Crippen LogP contribution in [-0.2, 0) is 21.1 Å². The number of fused-ring (bicyclic) bond motifs is 2. The molecule has 0 aromatic heterocycles. The van der Waals surface area contributed by atoms with E-state index >= 15 is 0 Å². The van der Waals surface area contributed by atoms with E-state index in [0.29, 0.717) is 0 Å². The average molecular weight is 287 g/mol. The van der Waals surface area contributed by atoms with Crippen molar-refractivity contribution in [1.29, 1.82) is 0 Å². The molecule has 0 spiro atoms. The Morgan fingerprint density at radius 3 is 1.38 bits per heavy atom. The minimum atomic E-state index is 0. The molecular formula is C7H8Pt. The van der Waals surface area contributed by atoms with E-state index in [2.05, 4.69) is 24.3 Å². The van der Waals surface area contributed by atoms with Crippen LogP contribution in [0.3, 0.4) is 0 Å². The van der Waals surface area contributed by atoms with E-state index in [-0.39, 0.29) is 21.1 Å². The summed E-state index contributed by atoms with van der Waals surface area (Å²) in [5.41, 5.74) is 0. The van der Waals surface area contributed by atoms with E-state index in [0.717, 1.165) is 11.8 Å². The van der Waals surface area contributed by atoms with E-state index in [4.69, 9.17) is 0 Å². The van der Waals surface area contributed by atoms with Crippen LogP contribution in [0.25, 0.3) is 0 Å². The molecule has 0 saturated heterocycles. The van der Waals surface area contributed by atoms with Gasteiger partial charge in [-0.1, -0.05) is 24.3 Å². The zero-order valence-electron chi connectivity index (χ0n) is 4.49. The zero-order valence-corrected chi connectivity index (χ0v) is 6.76. The maximum absolute atomic E-state index is 2.30. The summed E-state index contributed by atoms with van der Waals surface area (Å²) in [6.07, 6.45) is 10.5. The molecule has 0 N–H and O–H groups in total. The van der Waals surface area contributed by atoms with Crippen molar-refractivity contribution < 1.29 is 21.1 Å². The van der Waals surface area contributed by atoms with Crippen LogP contribution in [0.1, 0.15) is 6.42 Å². The Labute approximate surface area is 63.9 Å². The van der Waals surface area contributed by atoms with Crippen LogP contribution < -0.4 is 0 Å².